The number of rotatable bonds is 3. The topological polar surface area (TPSA) is 44.7 Å². The molecule has 2 aromatic carbocycles. The smallest absolute Gasteiger partial charge is 0.271 e. The number of benzene rings is 2. The number of halogens is 1. The molecule has 0 atom stereocenters. The van der Waals surface area contributed by atoms with E-state index in [0.29, 0.717) is 10.6 Å². The van der Waals surface area contributed by atoms with Gasteiger partial charge in [-0.2, -0.15) is 5.10 Å². The van der Waals surface area contributed by atoms with E-state index in [4.69, 9.17) is 11.6 Å². The van der Waals surface area contributed by atoms with Gasteiger partial charge in [0.2, 0.25) is 0 Å². The van der Waals surface area contributed by atoms with Crippen LogP contribution < -0.4 is 10.3 Å². The quantitative estimate of drug-likeness (QED) is 0.597. The van der Waals surface area contributed by atoms with Crippen molar-refractivity contribution in [1.82, 2.24) is 5.43 Å². The SMILES string of the molecule is CC1=CC(C)(C)N(C)c2cc(C)c(/C=N/NC(=O)c3cccc(Cl)c3)cc21. The molecule has 140 valence electrons. The fourth-order valence-electron chi connectivity index (χ4n) is 3.31. The predicted octanol–water partition coefficient (Wildman–Crippen LogP) is 5.04. The van der Waals surface area contributed by atoms with Gasteiger partial charge in [0.1, 0.15) is 0 Å². The third kappa shape index (κ3) is 3.91. The summed E-state index contributed by atoms with van der Waals surface area (Å²) in [5.74, 6) is -0.290. The van der Waals surface area contributed by atoms with E-state index in [1.54, 1.807) is 30.5 Å². The Labute approximate surface area is 165 Å². The van der Waals surface area contributed by atoms with Gasteiger partial charge in [-0.3, -0.25) is 4.79 Å². The number of fused-ring (bicyclic) bond motifs is 1. The monoisotopic (exact) mass is 381 g/mol. The van der Waals surface area contributed by atoms with Crippen LogP contribution >= 0.6 is 11.6 Å². The van der Waals surface area contributed by atoms with Crippen LogP contribution in [-0.2, 0) is 0 Å². The summed E-state index contributed by atoms with van der Waals surface area (Å²) in [6.45, 7) is 8.59. The van der Waals surface area contributed by atoms with Crippen LogP contribution in [0.5, 0.6) is 0 Å². The van der Waals surface area contributed by atoms with Crippen LogP contribution in [0.4, 0.5) is 5.69 Å². The molecule has 4 nitrogen and oxygen atoms in total. The number of allylic oxidation sites excluding steroid dienone is 1. The Hall–Kier alpha value is -2.59. The first-order valence-corrected chi connectivity index (χ1v) is 9.24. The normalized spacial score (nSPS) is 15.5. The first kappa shape index (κ1) is 19.2. The number of aryl methyl sites for hydroxylation is 1. The Kier molecular flexibility index (Phi) is 5.11. The lowest BCUT2D eigenvalue weighted by Gasteiger charge is -2.41. The first-order chi connectivity index (χ1) is 12.7. The maximum Gasteiger partial charge on any atom is 0.271 e. The lowest BCUT2D eigenvalue weighted by molar-refractivity contribution is 0.0955. The fraction of sp³-hybridized carbons (Fsp3) is 0.273. The van der Waals surface area contributed by atoms with Gasteiger partial charge in [-0.05, 0) is 74.7 Å². The molecule has 0 unspecified atom stereocenters. The van der Waals surface area contributed by atoms with E-state index in [1.165, 1.54) is 16.8 Å². The highest BCUT2D eigenvalue weighted by Gasteiger charge is 2.28. The maximum atomic E-state index is 12.2. The number of amides is 1. The van der Waals surface area contributed by atoms with Crippen molar-refractivity contribution >= 4 is 35.0 Å². The molecule has 0 saturated heterocycles. The van der Waals surface area contributed by atoms with Crippen LogP contribution in [0.3, 0.4) is 0 Å². The first-order valence-electron chi connectivity index (χ1n) is 8.86. The summed E-state index contributed by atoms with van der Waals surface area (Å²) < 4.78 is 0. The number of hydrogen-bond acceptors (Lipinski definition) is 3. The minimum absolute atomic E-state index is 0.0237. The van der Waals surface area contributed by atoms with E-state index < -0.39 is 0 Å². The second-order valence-corrected chi connectivity index (χ2v) is 7.91. The third-order valence-corrected chi connectivity index (χ3v) is 5.30. The van der Waals surface area contributed by atoms with E-state index >= 15 is 0 Å². The van der Waals surface area contributed by atoms with Crippen molar-refractivity contribution in [1.29, 1.82) is 0 Å². The molecule has 0 aromatic heterocycles. The van der Waals surface area contributed by atoms with Crippen LogP contribution in [-0.4, -0.2) is 24.7 Å². The summed E-state index contributed by atoms with van der Waals surface area (Å²) in [6.07, 6.45) is 3.96. The van der Waals surface area contributed by atoms with Gasteiger partial charge in [0.15, 0.2) is 0 Å². The van der Waals surface area contributed by atoms with Crippen LogP contribution in [0.2, 0.25) is 5.02 Å². The molecule has 5 heteroatoms. The summed E-state index contributed by atoms with van der Waals surface area (Å²) in [5, 5.41) is 4.65. The van der Waals surface area contributed by atoms with Crippen molar-refractivity contribution in [3.05, 3.63) is 69.8 Å². The number of carbonyl (C=O) groups excluding carboxylic acids is 1. The van der Waals surface area contributed by atoms with Gasteiger partial charge in [-0.25, -0.2) is 5.43 Å². The Morgan fingerprint density at radius 3 is 2.67 bits per heavy atom. The molecule has 1 aliphatic rings. The van der Waals surface area contributed by atoms with Crippen molar-refractivity contribution in [3.8, 4) is 0 Å². The largest absolute Gasteiger partial charge is 0.365 e. The number of likely N-dealkylation sites (N-methyl/N-ethyl adjacent to an activating group) is 1. The Morgan fingerprint density at radius 1 is 1.22 bits per heavy atom. The minimum Gasteiger partial charge on any atom is -0.365 e. The molecule has 0 radical (unpaired) electrons. The van der Waals surface area contributed by atoms with E-state index in [9.17, 15) is 4.79 Å². The zero-order valence-electron chi connectivity index (χ0n) is 16.3. The van der Waals surface area contributed by atoms with Crippen LogP contribution in [0.25, 0.3) is 5.57 Å². The lowest BCUT2D eigenvalue weighted by atomic mass is 9.87. The molecule has 0 saturated carbocycles. The summed E-state index contributed by atoms with van der Waals surface area (Å²) in [6, 6.07) is 11.1. The van der Waals surface area contributed by atoms with Crippen molar-refractivity contribution in [2.75, 3.05) is 11.9 Å². The highest BCUT2D eigenvalue weighted by atomic mass is 35.5. The second kappa shape index (κ2) is 7.20. The van der Waals surface area contributed by atoms with Crippen molar-refractivity contribution in [2.24, 2.45) is 5.10 Å². The van der Waals surface area contributed by atoms with E-state index in [2.05, 4.69) is 68.4 Å². The summed E-state index contributed by atoms with van der Waals surface area (Å²) in [7, 11) is 2.11. The van der Waals surface area contributed by atoms with E-state index in [0.717, 1.165) is 11.1 Å². The zero-order chi connectivity index (χ0) is 19.8. The van der Waals surface area contributed by atoms with Gasteiger partial charge in [0.25, 0.3) is 5.91 Å². The van der Waals surface area contributed by atoms with E-state index in [-0.39, 0.29) is 11.4 Å². The van der Waals surface area contributed by atoms with Gasteiger partial charge in [0, 0.05) is 28.9 Å². The second-order valence-electron chi connectivity index (χ2n) is 7.48. The Morgan fingerprint density at radius 2 is 1.96 bits per heavy atom. The summed E-state index contributed by atoms with van der Waals surface area (Å²) in [4.78, 5) is 14.5. The standard InChI is InChI=1S/C22H24ClN3O/c1-14-9-20-19(15(2)12-22(3,4)26(20)5)11-17(14)13-24-25-21(27)16-7-6-8-18(23)10-16/h6-13H,1-5H3,(H,25,27)/b24-13+. The number of carbonyl (C=O) groups is 1. The van der Waals surface area contributed by atoms with Gasteiger partial charge < -0.3 is 4.90 Å². The number of hydrazone groups is 1. The highest BCUT2D eigenvalue weighted by Crippen LogP contribution is 2.38. The van der Waals surface area contributed by atoms with E-state index in [1.807, 2.05) is 0 Å². The number of anilines is 1. The Balaban J connectivity index is 1.83. The summed E-state index contributed by atoms with van der Waals surface area (Å²) in [5.41, 5.74) is 8.72. The number of hydrogen-bond donors (Lipinski definition) is 1. The lowest BCUT2D eigenvalue weighted by Crippen LogP contribution is -2.42. The zero-order valence-corrected chi connectivity index (χ0v) is 17.1. The van der Waals surface area contributed by atoms with Crippen molar-refractivity contribution < 1.29 is 4.79 Å². The van der Waals surface area contributed by atoms with Gasteiger partial charge in [0.05, 0.1) is 11.8 Å². The molecule has 1 heterocycles. The average Bonchev–Trinajstić information content (AvgIpc) is 2.60. The molecule has 0 spiro atoms. The predicted molar refractivity (Wildman–Crippen MR) is 114 cm³/mol. The minimum atomic E-state index is -0.290. The van der Waals surface area contributed by atoms with Gasteiger partial charge in [-0.1, -0.05) is 23.7 Å². The summed E-state index contributed by atoms with van der Waals surface area (Å²) >= 11 is 5.92. The molecule has 0 bridgehead atoms. The average molecular weight is 382 g/mol. The molecule has 0 aliphatic carbocycles. The van der Waals surface area contributed by atoms with Crippen molar-refractivity contribution in [3.63, 3.8) is 0 Å². The molecule has 0 fully saturated rings. The molecular formula is C22H24ClN3O. The van der Waals surface area contributed by atoms with Crippen LogP contribution in [0, 0.1) is 6.92 Å². The molecule has 1 aliphatic heterocycles. The number of nitrogens with zero attached hydrogens (tertiary/aromatic N) is 2. The molecule has 27 heavy (non-hydrogen) atoms. The third-order valence-electron chi connectivity index (χ3n) is 5.06. The maximum absolute atomic E-state index is 12.2. The van der Waals surface area contributed by atoms with Gasteiger partial charge >= 0.3 is 0 Å². The van der Waals surface area contributed by atoms with Crippen LogP contribution in [0.15, 0.2) is 47.6 Å². The number of nitrogens with one attached hydrogen (secondary N) is 1. The fourth-order valence-corrected chi connectivity index (χ4v) is 3.50. The molecule has 3 rings (SSSR count). The molecular weight excluding hydrogens is 358 g/mol. The van der Waals surface area contributed by atoms with Crippen molar-refractivity contribution in [2.45, 2.75) is 33.2 Å². The molecule has 2 aromatic rings. The molecule has 1 amide bonds. The van der Waals surface area contributed by atoms with Gasteiger partial charge in [-0.15, -0.1) is 0 Å². The van der Waals surface area contributed by atoms with Crippen LogP contribution in [0.1, 0.15) is 47.8 Å². The highest BCUT2D eigenvalue weighted by molar-refractivity contribution is 6.30. The molecule has 1 N–H and O–H groups in total. The Bertz CT molecular complexity index is 960.